The molecule has 2 heterocycles. The van der Waals surface area contributed by atoms with Crippen molar-refractivity contribution in [2.45, 2.75) is 19.9 Å². The van der Waals surface area contributed by atoms with Crippen LogP contribution in [0.1, 0.15) is 13.8 Å². The molecule has 0 saturated carbocycles. The third-order valence-electron chi connectivity index (χ3n) is 3.47. The molecule has 2 rings (SSSR count). The minimum Gasteiger partial charge on any atom is -0.467 e. The molecule has 0 aromatic carbocycles. The van der Waals surface area contributed by atoms with Crippen LogP contribution < -0.4 is 15.1 Å². The lowest BCUT2D eigenvalue weighted by atomic mass is 10.2. The SMILES string of the molecule is CCN1CCN(C(=O)N[C@@H](C)C(=O)OC)c2cccnc21. The van der Waals surface area contributed by atoms with Crippen LogP contribution in [0, 0.1) is 0 Å². The molecular weight excluding hydrogens is 272 g/mol. The summed E-state index contributed by atoms with van der Waals surface area (Å²) in [5.74, 6) is 0.314. The molecule has 0 radical (unpaired) electrons. The number of hydrogen-bond acceptors (Lipinski definition) is 5. The molecule has 0 fully saturated rings. The van der Waals surface area contributed by atoms with E-state index in [0.717, 1.165) is 18.1 Å². The molecule has 7 nitrogen and oxygen atoms in total. The summed E-state index contributed by atoms with van der Waals surface area (Å²) in [7, 11) is 1.30. The number of urea groups is 1. The van der Waals surface area contributed by atoms with Crippen LogP contribution >= 0.6 is 0 Å². The average Bonchev–Trinajstić information content (AvgIpc) is 2.52. The van der Waals surface area contributed by atoms with Gasteiger partial charge in [-0.1, -0.05) is 0 Å². The van der Waals surface area contributed by atoms with Gasteiger partial charge >= 0.3 is 12.0 Å². The summed E-state index contributed by atoms with van der Waals surface area (Å²) < 4.78 is 4.61. The molecule has 1 aliphatic rings. The normalized spacial score (nSPS) is 15.2. The number of nitrogens with zero attached hydrogens (tertiary/aromatic N) is 3. The largest absolute Gasteiger partial charge is 0.467 e. The van der Waals surface area contributed by atoms with Crippen molar-refractivity contribution >= 4 is 23.5 Å². The van der Waals surface area contributed by atoms with Crippen LogP contribution in [0.25, 0.3) is 0 Å². The second kappa shape index (κ2) is 6.43. The van der Waals surface area contributed by atoms with Gasteiger partial charge in [-0.3, -0.25) is 4.90 Å². The number of ether oxygens (including phenoxy) is 1. The highest BCUT2D eigenvalue weighted by Gasteiger charge is 2.28. The number of likely N-dealkylation sites (N-methyl/N-ethyl adjacent to an activating group) is 1. The van der Waals surface area contributed by atoms with Crippen molar-refractivity contribution in [3.8, 4) is 0 Å². The van der Waals surface area contributed by atoms with Crippen molar-refractivity contribution in [1.82, 2.24) is 10.3 Å². The Morgan fingerprint density at radius 1 is 1.48 bits per heavy atom. The van der Waals surface area contributed by atoms with Crippen LogP contribution in [0.5, 0.6) is 0 Å². The van der Waals surface area contributed by atoms with E-state index >= 15 is 0 Å². The van der Waals surface area contributed by atoms with Crippen molar-refractivity contribution in [3.63, 3.8) is 0 Å². The first kappa shape index (κ1) is 15.1. The van der Waals surface area contributed by atoms with Gasteiger partial charge in [-0.2, -0.15) is 0 Å². The zero-order valence-corrected chi connectivity index (χ0v) is 12.5. The van der Waals surface area contributed by atoms with E-state index in [0.29, 0.717) is 13.1 Å². The van der Waals surface area contributed by atoms with E-state index in [1.807, 2.05) is 13.0 Å². The lowest BCUT2D eigenvalue weighted by Crippen LogP contribution is -2.51. The molecule has 2 amide bonds. The fraction of sp³-hybridized carbons (Fsp3) is 0.500. The molecule has 1 N–H and O–H groups in total. The Morgan fingerprint density at radius 3 is 2.90 bits per heavy atom. The fourth-order valence-corrected chi connectivity index (χ4v) is 2.31. The molecule has 7 heteroatoms. The molecule has 21 heavy (non-hydrogen) atoms. The number of anilines is 2. The van der Waals surface area contributed by atoms with Gasteiger partial charge in [-0.15, -0.1) is 0 Å². The van der Waals surface area contributed by atoms with E-state index in [1.165, 1.54) is 7.11 Å². The van der Waals surface area contributed by atoms with Crippen molar-refractivity contribution in [2.24, 2.45) is 0 Å². The second-order valence-electron chi connectivity index (χ2n) is 4.77. The monoisotopic (exact) mass is 292 g/mol. The van der Waals surface area contributed by atoms with Gasteiger partial charge in [0.15, 0.2) is 5.82 Å². The predicted molar refractivity (Wildman–Crippen MR) is 79.5 cm³/mol. The molecule has 0 bridgehead atoms. The average molecular weight is 292 g/mol. The fourth-order valence-electron chi connectivity index (χ4n) is 2.31. The van der Waals surface area contributed by atoms with Crippen molar-refractivity contribution in [2.75, 3.05) is 36.5 Å². The minimum absolute atomic E-state index is 0.321. The Kier molecular flexibility index (Phi) is 4.62. The van der Waals surface area contributed by atoms with Crippen LogP contribution in [0.2, 0.25) is 0 Å². The van der Waals surface area contributed by atoms with Gasteiger partial charge < -0.3 is 15.0 Å². The Balaban J connectivity index is 2.17. The van der Waals surface area contributed by atoms with Gasteiger partial charge in [-0.25, -0.2) is 14.6 Å². The maximum absolute atomic E-state index is 12.3. The van der Waals surface area contributed by atoms with E-state index < -0.39 is 12.0 Å². The first-order valence-corrected chi connectivity index (χ1v) is 6.94. The van der Waals surface area contributed by atoms with Gasteiger partial charge in [0.05, 0.1) is 12.8 Å². The molecule has 0 aliphatic carbocycles. The van der Waals surface area contributed by atoms with Gasteiger partial charge in [0.1, 0.15) is 6.04 Å². The summed E-state index contributed by atoms with van der Waals surface area (Å²) in [6.07, 6.45) is 1.71. The first-order chi connectivity index (χ1) is 10.1. The predicted octanol–water partition coefficient (Wildman–Crippen LogP) is 0.999. The molecule has 1 aromatic heterocycles. The smallest absolute Gasteiger partial charge is 0.328 e. The van der Waals surface area contributed by atoms with Crippen LogP contribution in [-0.4, -0.2) is 49.8 Å². The topological polar surface area (TPSA) is 74.8 Å². The molecule has 0 saturated heterocycles. The highest BCUT2D eigenvalue weighted by Crippen LogP contribution is 2.30. The number of pyridine rings is 1. The Bertz CT molecular complexity index is 535. The number of esters is 1. The van der Waals surface area contributed by atoms with E-state index in [9.17, 15) is 9.59 Å². The lowest BCUT2D eigenvalue weighted by Gasteiger charge is -2.36. The molecule has 0 unspecified atom stereocenters. The molecule has 114 valence electrons. The minimum atomic E-state index is -0.688. The molecule has 1 aromatic rings. The summed E-state index contributed by atoms with van der Waals surface area (Å²) in [4.78, 5) is 31.8. The number of carbonyl (C=O) groups excluding carboxylic acids is 2. The quantitative estimate of drug-likeness (QED) is 0.841. The number of nitrogens with one attached hydrogen (secondary N) is 1. The van der Waals surface area contributed by atoms with Crippen molar-refractivity contribution in [3.05, 3.63) is 18.3 Å². The van der Waals surface area contributed by atoms with Crippen LogP contribution in [0.15, 0.2) is 18.3 Å². The molecule has 1 aliphatic heterocycles. The number of fused-ring (bicyclic) bond motifs is 1. The van der Waals surface area contributed by atoms with Crippen LogP contribution in [-0.2, 0) is 9.53 Å². The maximum Gasteiger partial charge on any atom is 0.328 e. The summed E-state index contributed by atoms with van der Waals surface area (Å²) in [5, 5.41) is 2.64. The van der Waals surface area contributed by atoms with E-state index in [-0.39, 0.29) is 6.03 Å². The van der Waals surface area contributed by atoms with Gasteiger partial charge in [0, 0.05) is 25.8 Å². The lowest BCUT2D eigenvalue weighted by molar-refractivity contribution is -0.142. The third kappa shape index (κ3) is 3.07. The Morgan fingerprint density at radius 2 is 2.24 bits per heavy atom. The van der Waals surface area contributed by atoms with Crippen LogP contribution in [0.3, 0.4) is 0 Å². The summed E-state index contributed by atoms with van der Waals surface area (Å²) in [6, 6.07) is 2.64. The van der Waals surface area contributed by atoms with Gasteiger partial charge in [0.2, 0.25) is 0 Å². The Hall–Kier alpha value is -2.31. The molecule has 0 spiro atoms. The highest BCUT2D eigenvalue weighted by atomic mass is 16.5. The number of carbonyl (C=O) groups is 2. The van der Waals surface area contributed by atoms with E-state index in [1.54, 1.807) is 24.1 Å². The maximum atomic E-state index is 12.3. The summed E-state index contributed by atoms with van der Waals surface area (Å²) in [5.41, 5.74) is 0.750. The van der Waals surface area contributed by atoms with E-state index in [4.69, 9.17) is 0 Å². The summed E-state index contributed by atoms with van der Waals surface area (Å²) >= 11 is 0. The van der Waals surface area contributed by atoms with Gasteiger partial charge in [-0.05, 0) is 26.0 Å². The number of rotatable bonds is 3. The van der Waals surface area contributed by atoms with Crippen LogP contribution in [0.4, 0.5) is 16.3 Å². The number of amides is 2. The zero-order chi connectivity index (χ0) is 15.4. The van der Waals surface area contributed by atoms with E-state index in [2.05, 4.69) is 19.9 Å². The number of methoxy groups -OCH3 is 1. The van der Waals surface area contributed by atoms with Crippen molar-refractivity contribution < 1.29 is 14.3 Å². The van der Waals surface area contributed by atoms with Crippen molar-refractivity contribution in [1.29, 1.82) is 0 Å². The number of hydrogen-bond donors (Lipinski definition) is 1. The summed E-state index contributed by atoms with van der Waals surface area (Å²) in [6.45, 7) is 5.73. The first-order valence-electron chi connectivity index (χ1n) is 6.94. The Labute approximate surface area is 123 Å². The standard InChI is InChI=1S/C14H20N4O3/c1-4-17-8-9-18(11-6-5-7-15-12(11)17)14(20)16-10(2)13(19)21-3/h5-7,10H,4,8-9H2,1-3H3,(H,16,20)/t10-/m0/s1. The third-order valence-corrected chi connectivity index (χ3v) is 3.47. The number of aromatic nitrogens is 1. The zero-order valence-electron chi connectivity index (χ0n) is 12.5. The highest BCUT2D eigenvalue weighted by molar-refractivity contribution is 5.97. The second-order valence-corrected chi connectivity index (χ2v) is 4.77. The molecular formula is C14H20N4O3. The van der Waals surface area contributed by atoms with Gasteiger partial charge in [0.25, 0.3) is 0 Å². The molecule has 1 atom stereocenters.